The van der Waals surface area contributed by atoms with Crippen LogP contribution >= 0.6 is 23.2 Å². The van der Waals surface area contributed by atoms with Crippen LogP contribution in [0.4, 0.5) is 0 Å². The lowest BCUT2D eigenvalue weighted by Gasteiger charge is -2.11. The first kappa shape index (κ1) is 14.1. The van der Waals surface area contributed by atoms with Gasteiger partial charge in [0, 0.05) is 7.05 Å². The number of hydrogen-bond acceptors (Lipinski definition) is 4. The van der Waals surface area contributed by atoms with Crippen molar-refractivity contribution in [1.82, 2.24) is 14.9 Å². The lowest BCUT2D eigenvalue weighted by Crippen LogP contribution is -2.26. The standard InChI is InChI=1S/C12H13Cl2N3O2/c1-3-15-5-8-16-10-9(12(19)17(8)2)6(13)4-7(14)11(10)18/h4,15,18H,3,5H2,1-2H3. The molecular weight excluding hydrogens is 289 g/mol. The molecule has 0 amide bonds. The zero-order valence-corrected chi connectivity index (χ0v) is 12.0. The van der Waals surface area contributed by atoms with Gasteiger partial charge in [-0.3, -0.25) is 9.36 Å². The molecule has 0 saturated heterocycles. The molecule has 5 nitrogen and oxygen atoms in total. The summed E-state index contributed by atoms with van der Waals surface area (Å²) in [5.41, 5.74) is -0.177. The smallest absolute Gasteiger partial charge is 0.262 e. The van der Waals surface area contributed by atoms with Crippen LogP contribution in [0.15, 0.2) is 10.9 Å². The van der Waals surface area contributed by atoms with Crippen LogP contribution in [-0.4, -0.2) is 21.2 Å². The lowest BCUT2D eigenvalue weighted by molar-refractivity contribution is 0.479. The fourth-order valence-electron chi connectivity index (χ4n) is 1.79. The topological polar surface area (TPSA) is 67.2 Å². The fourth-order valence-corrected chi connectivity index (χ4v) is 2.33. The van der Waals surface area contributed by atoms with E-state index in [0.29, 0.717) is 12.4 Å². The van der Waals surface area contributed by atoms with E-state index in [-0.39, 0.29) is 32.3 Å². The number of benzene rings is 1. The van der Waals surface area contributed by atoms with Crippen molar-refractivity contribution in [2.24, 2.45) is 7.05 Å². The third-order valence-corrected chi connectivity index (χ3v) is 3.45. The summed E-state index contributed by atoms with van der Waals surface area (Å²) in [5, 5.41) is 13.4. The Balaban J connectivity index is 2.81. The first-order valence-electron chi connectivity index (χ1n) is 5.74. The van der Waals surface area contributed by atoms with E-state index in [1.807, 2.05) is 6.92 Å². The molecule has 1 heterocycles. The van der Waals surface area contributed by atoms with Crippen LogP contribution in [0, 0.1) is 0 Å². The van der Waals surface area contributed by atoms with Gasteiger partial charge in [-0.15, -0.1) is 0 Å². The van der Waals surface area contributed by atoms with Gasteiger partial charge in [-0.1, -0.05) is 30.1 Å². The molecule has 7 heteroatoms. The van der Waals surface area contributed by atoms with Crippen molar-refractivity contribution in [2.75, 3.05) is 6.54 Å². The number of nitrogens with zero attached hydrogens (tertiary/aromatic N) is 2. The number of aromatic nitrogens is 2. The van der Waals surface area contributed by atoms with Gasteiger partial charge < -0.3 is 10.4 Å². The highest BCUT2D eigenvalue weighted by molar-refractivity contribution is 6.39. The molecular formula is C12H13Cl2N3O2. The fraction of sp³-hybridized carbons (Fsp3) is 0.333. The normalized spacial score (nSPS) is 11.2. The minimum Gasteiger partial charge on any atom is -0.504 e. The van der Waals surface area contributed by atoms with Crippen molar-refractivity contribution in [1.29, 1.82) is 0 Å². The van der Waals surface area contributed by atoms with Crippen molar-refractivity contribution >= 4 is 34.1 Å². The van der Waals surface area contributed by atoms with Crippen molar-refractivity contribution in [3.63, 3.8) is 0 Å². The quantitative estimate of drug-likeness (QED) is 0.910. The van der Waals surface area contributed by atoms with E-state index in [4.69, 9.17) is 23.2 Å². The average Bonchev–Trinajstić information content (AvgIpc) is 2.37. The monoisotopic (exact) mass is 301 g/mol. The predicted octanol–water partition coefficient (Wildman–Crippen LogP) is 2.06. The van der Waals surface area contributed by atoms with Gasteiger partial charge in [0.2, 0.25) is 0 Å². The molecule has 19 heavy (non-hydrogen) atoms. The maximum absolute atomic E-state index is 12.3. The minimum atomic E-state index is -0.310. The number of hydrogen-bond donors (Lipinski definition) is 2. The van der Waals surface area contributed by atoms with Gasteiger partial charge >= 0.3 is 0 Å². The number of fused-ring (bicyclic) bond motifs is 1. The third-order valence-electron chi connectivity index (χ3n) is 2.86. The summed E-state index contributed by atoms with van der Waals surface area (Å²) >= 11 is 11.8. The second-order valence-corrected chi connectivity index (χ2v) is 4.90. The first-order valence-corrected chi connectivity index (χ1v) is 6.50. The van der Waals surface area contributed by atoms with E-state index in [9.17, 15) is 9.90 Å². The van der Waals surface area contributed by atoms with Gasteiger partial charge in [0.1, 0.15) is 11.3 Å². The van der Waals surface area contributed by atoms with E-state index in [1.165, 1.54) is 10.6 Å². The Hall–Kier alpha value is -1.30. The number of rotatable bonds is 3. The first-order chi connectivity index (χ1) is 8.97. The largest absolute Gasteiger partial charge is 0.504 e. The summed E-state index contributed by atoms with van der Waals surface area (Å²) in [7, 11) is 1.61. The Morgan fingerprint density at radius 2 is 2.11 bits per heavy atom. The Morgan fingerprint density at radius 1 is 1.42 bits per heavy atom. The molecule has 0 radical (unpaired) electrons. The molecule has 0 atom stereocenters. The highest BCUT2D eigenvalue weighted by Gasteiger charge is 2.16. The van der Waals surface area contributed by atoms with Crippen LogP contribution < -0.4 is 10.9 Å². The molecule has 0 aliphatic rings. The summed E-state index contributed by atoms with van der Waals surface area (Å²) in [5.74, 6) is 0.282. The Morgan fingerprint density at radius 3 is 2.74 bits per heavy atom. The van der Waals surface area contributed by atoms with Gasteiger partial charge in [-0.05, 0) is 12.6 Å². The molecule has 2 aromatic rings. The molecule has 2 N–H and O–H groups in total. The third kappa shape index (κ3) is 2.41. The molecule has 0 aliphatic carbocycles. The zero-order valence-electron chi connectivity index (χ0n) is 10.5. The van der Waals surface area contributed by atoms with Crippen LogP contribution in [0.1, 0.15) is 12.7 Å². The average molecular weight is 302 g/mol. The van der Waals surface area contributed by atoms with Crippen molar-refractivity contribution < 1.29 is 5.11 Å². The van der Waals surface area contributed by atoms with Crippen LogP contribution in [-0.2, 0) is 13.6 Å². The number of phenolic OH excluding ortho intramolecular Hbond substituents is 1. The highest BCUT2D eigenvalue weighted by atomic mass is 35.5. The SMILES string of the molecule is CCNCc1nc2c(O)c(Cl)cc(Cl)c2c(=O)n1C. The molecule has 102 valence electrons. The van der Waals surface area contributed by atoms with Gasteiger partial charge in [0.15, 0.2) is 5.75 Å². The van der Waals surface area contributed by atoms with E-state index >= 15 is 0 Å². The van der Waals surface area contributed by atoms with E-state index in [0.717, 1.165) is 6.54 Å². The van der Waals surface area contributed by atoms with Crippen molar-refractivity contribution in [2.45, 2.75) is 13.5 Å². The van der Waals surface area contributed by atoms with Gasteiger partial charge in [-0.25, -0.2) is 4.98 Å². The molecule has 0 saturated carbocycles. The zero-order chi connectivity index (χ0) is 14.2. The molecule has 0 unspecified atom stereocenters. The molecule has 0 fully saturated rings. The number of halogens is 2. The Labute approximate surface area is 119 Å². The van der Waals surface area contributed by atoms with E-state index in [2.05, 4.69) is 10.3 Å². The van der Waals surface area contributed by atoms with Gasteiger partial charge in [-0.2, -0.15) is 0 Å². The number of aromatic hydroxyl groups is 1. The number of phenols is 1. The van der Waals surface area contributed by atoms with Crippen LogP contribution in [0.3, 0.4) is 0 Å². The second kappa shape index (κ2) is 5.36. The maximum atomic E-state index is 12.3. The molecule has 0 spiro atoms. The van der Waals surface area contributed by atoms with Crippen LogP contribution in [0.2, 0.25) is 10.0 Å². The van der Waals surface area contributed by atoms with Crippen LogP contribution in [0.25, 0.3) is 10.9 Å². The maximum Gasteiger partial charge on any atom is 0.262 e. The summed E-state index contributed by atoms with van der Waals surface area (Å²) in [6.07, 6.45) is 0. The van der Waals surface area contributed by atoms with E-state index in [1.54, 1.807) is 7.05 Å². The number of nitrogens with one attached hydrogen (secondary N) is 1. The molecule has 1 aromatic carbocycles. The van der Waals surface area contributed by atoms with Crippen molar-refractivity contribution in [3.8, 4) is 5.75 Å². The highest BCUT2D eigenvalue weighted by Crippen LogP contribution is 2.34. The van der Waals surface area contributed by atoms with Gasteiger partial charge in [0.25, 0.3) is 5.56 Å². The predicted molar refractivity (Wildman–Crippen MR) is 76.0 cm³/mol. The summed E-state index contributed by atoms with van der Waals surface area (Å²) in [6.45, 7) is 3.11. The summed E-state index contributed by atoms with van der Waals surface area (Å²) in [4.78, 5) is 16.5. The lowest BCUT2D eigenvalue weighted by atomic mass is 10.2. The second-order valence-electron chi connectivity index (χ2n) is 4.08. The van der Waals surface area contributed by atoms with Crippen molar-refractivity contribution in [3.05, 3.63) is 32.3 Å². The minimum absolute atomic E-state index is 0.0765. The molecule has 2 rings (SSSR count). The van der Waals surface area contributed by atoms with E-state index < -0.39 is 0 Å². The summed E-state index contributed by atoms with van der Waals surface area (Å²) < 4.78 is 1.41. The van der Waals surface area contributed by atoms with Crippen LogP contribution in [0.5, 0.6) is 5.75 Å². The molecule has 0 aliphatic heterocycles. The Bertz CT molecular complexity index is 698. The van der Waals surface area contributed by atoms with Gasteiger partial charge in [0.05, 0.1) is 22.0 Å². The summed E-state index contributed by atoms with van der Waals surface area (Å²) in [6, 6.07) is 1.34. The molecule has 0 bridgehead atoms. The Kier molecular flexibility index (Phi) is 3.99. The molecule has 1 aromatic heterocycles.